The van der Waals surface area contributed by atoms with Crippen molar-refractivity contribution >= 4 is 11.7 Å². The predicted octanol–water partition coefficient (Wildman–Crippen LogP) is -0.131. The Balaban J connectivity index is 2.73. The van der Waals surface area contributed by atoms with Gasteiger partial charge >= 0.3 is 6.03 Å². The highest BCUT2D eigenvalue weighted by Crippen LogP contribution is 1.91. The van der Waals surface area contributed by atoms with Crippen molar-refractivity contribution in [1.82, 2.24) is 15.4 Å². The smallest absolute Gasteiger partial charge is 0.332 e. The number of urea groups is 1. The minimum Gasteiger partial charge on any atom is -0.350 e. The average molecular weight is 179 g/mol. The molecule has 0 aliphatic heterocycles. The van der Waals surface area contributed by atoms with Gasteiger partial charge in [-0.15, -0.1) is 0 Å². The van der Waals surface area contributed by atoms with Crippen molar-refractivity contribution in [2.75, 3.05) is 0 Å². The van der Waals surface area contributed by atoms with Crippen LogP contribution in [0.5, 0.6) is 0 Å². The summed E-state index contributed by atoms with van der Waals surface area (Å²) in [5.74, 6) is 0. The molecule has 0 radical (unpaired) electrons. The largest absolute Gasteiger partial charge is 0.350 e. The van der Waals surface area contributed by atoms with Crippen LogP contribution in [0, 0.1) is 0 Å². The number of hydrazone groups is 1. The van der Waals surface area contributed by atoms with Gasteiger partial charge in [-0.05, 0) is 6.92 Å². The first-order chi connectivity index (χ1) is 6.20. The lowest BCUT2D eigenvalue weighted by atomic mass is 10.3. The van der Waals surface area contributed by atoms with Crippen LogP contribution in [-0.2, 0) is 0 Å². The van der Waals surface area contributed by atoms with E-state index < -0.39 is 6.03 Å². The van der Waals surface area contributed by atoms with Gasteiger partial charge in [-0.25, -0.2) is 10.2 Å². The zero-order chi connectivity index (χ0) is 9.68. The minimum atomic E-state index is -0.705. The number of carbonyl (C=O) groups excluding carboxylic acids is 1. The number of primary amides is 1. The summed E-state index contributed by atoms with van der Waals surface area (Å²) < 4.78 is 0. The number of hydrogen-bond donors (Lipinski definition) is 2. The Morgan fingerprint density at radius 2 is 2.38 bits per heavy atom. The predicted molar refractivity (Wildman–Crippen MR) is 47.0 cm³/mol. The maximum atomic E-state index is 10.3. The Hall–Kier alpha value is -1.98. The van der Waals surface area contributed by atoms with Crippen LogP contribution >= 0.6 is 0 Å². The van der Waals surface area contributed by atoms with E-state index in [1.165, 1.54) is 0 Å². The van der Waals surface area contributed by atoms with E-state index >= 15 is 0 Å². The van der Waals surface area contributed by atoms with Gasteiger partial charge in [-0.2, -0.15) is 5.10 Å². The monoisotopic (exact) mass is 179 g/mol. The number of nitrogens with one attached hydrogen (secondary N) is 1. The zero-order valence-electron chi connectivity index (χ0n) is 7.06. The van der Waals surface area contributed by atoms with Crippen LogP contribution < -0.4 is 11.2 Å². The van der Waals surface area contributed by atoms with E-state index in [1.54, 1.807) is 25.5 Å². The van der Waals surface area contributed by atoms with Crippen molar-refractivity contribution in [3.8, 4) is 0 Å². The first-order valence-electron chi connectivity index (χ1n) is 3.56. The minimum absolute atomic E-state index is 0.548. The van der Waals surface area contributed by atoms with Gasteiger partial charge in [0.1, 0.15) is 5.69 Å². The number of amides is 2. The van der Waals surface area contributed by atoms with E-state index in [1.807, 2.05) is 0 Å². The first-order valence-corrected chi connectivity index (χ1v) is 3.56. The van der Waals surface area contributed by atoms with E-state index in [0.29, 0.717) is 11.4 Å². The Bertz CT molecular complexity index is 321. The van der Waals surface area contributed by atoms with E-state index in [0.717, 1.165) is 0 Å². The number of nitrogens with zero attached hydrogens (tertiary/aromatic N) is 3. The van der Waals surface area contributed by atoms with Crippen LogP contribution in [0.4, 0.5) is 4.79 Å². The molecule has 2 amide bonds. The number of aromatic nitrogens is 2. The molecular weight excluding hydrogens is 170 g/mol. The fourth-order valence-electron chi connectivity index (χ4n) is 0.682. The average Bonchev–Trinajstić information content (AvgIpc) is 2.15. The molecule has 1 aromatic rings. The van der Waals surface area contributed by atoms with Crippen molar-refractivity contribution in [1.29, 1.82) is 0 Å². The van der Waals surface area contributed by atoms with E-state index in [-0.39, 0.29) is 0 Å². The highest BCUT2D eigenvalue weighted by atomic mass is 16.2. The normalized spacial score (nSPS) is 11.0. The zero-order valence-corrected chi connectivity index (χ0v) is 7.06. The third kappa shape index (κ3) is 2.86. The number of carbonyl (C=O) groups is 1. The van der Waals surface area contributed by atoms with Crippen LogP contribution in [-0.4, -0.2) is 21.7 Å². The lowest BCUT2D eigenvalue weighted by molar-refractivity contribution is 0.249. The summed E-state index contributed by atoms with van der Waals surface area (Å²) >= 11 is 0. The molecular formula is C7H9N5O. The highest BCUT2D eigenvalue weighted by molar-refractivity contribution is 5.97. The maximum absolute atomic E-state index is 10.3. The third-order valence-corrected chi connectivity index (χ3v) is 1.27. The molecule has 0 aliphatic carbocycles. The molecule has 13 heavy (non-hydrogen) atoms. The standard InChI is InChI=1S/C7H9N5O/c1-5(11-12-7(8)13)6-4-9-2-3-10-6/h2-4H,1H3,(H3,8,12,13)/b11-5-. The number of hydrogen-bond acceptors (Lipinski definition) is 4. The van der Waals surface area contributed by atoms with Gasteiger partial charge in [0.05, 0.1) is 11.9 Å². The molecule has 0 fully saturated rings. The summed E-state index contributed by atoms with van der Waals surface area (Å²) in [4.78, 5) is 18.1. The van der Waals surface area contributed by atoms with Crippen LogP contribution in [0.15, 0.2) is 23.7 Å². The Labute approximate surface area is 74.9 Å². The second-order valence-electron chi connectivity index (χ2n) is 2.26. The lowest BCUT2D eigenvalue weighted by Gasteiger charge is -1.97. The Morgan fingerprint density at radius 3 is 2.92 bits per heavy atom. The Morgan fingerprint density at radius 1 is 1.62 bits per heavy atom. The fraction of sp³-hybridized carbons (Fsp3) is 0.143. The summed E-state index contributed by atoms with van der Waals surface area (Å²) in [5, 5.41) is 3.68. The number of nitrogens with two attached hydrogens (primary N) is 1. The second kappa shape index (κ2) is 4.15. The maximum Gasteiger partial charge on any atom is 0.332 e. The van der Waals surface area contributed by atoms with Crippen molar-refractivity contribution in [2.45, 2.75) is 6.92 Å². The van der Waals surface area contributed by atoms with E-state index in [9.17, 15) is 4.79 Å². The molecule has 6 heteroatoms. The van der Waals surface area contributed by atoms with E-state index in [4.69, 9.17) is 5.73 Å². The van der Waals surface area contributed by atoms with Gasteiger partial charge in [0.2, 0.25) is 0 Å². The van der Waals surface area contributed by atoms with Crippen molar-refractivity contribution in [3.63, 3.8) is 0 Å². The molecule has 0 aromatic carbocycles. The topological polar surface area (TPSA) is 93.3 Å². The first kappa shape index (κ1) is 9.11. The van der Waals surface area contributed by atoms with Crippen LogP contribution in [0.25, 0.3) is 0 Å². The van der Waals surface area contributed by atoms with Crippen molar-refractivity contribution in [2.24, 2.45) is 10.8 Å². The quantitative estimate of drug-likeness (QED) is 0.489. The molecule has 0 saturated carbocycles. The van der Waals surface area contributed by atoms with Gasteiger partial charge in [0, 0.05) is 12.4 Å². The fourth-order valence-corrected chi connectivity index (χ4v) is 0.682. The lowest BCUT2D eigenvalue weighted by Crippen LogP contribution is -2.25. The molecule has 0 saturated heterocycles. The van der Waals surface area contributed by atoms with Crippen LogP contribution in [0.3, 0.4) is 0 Å². The summed E-state index contributed by atoms with van der Waals surface area (Å²) in [6.45, 7) is 1.69. The molecule has 0 unspecified atom stereocenters. The van der Waals surface area contributed by atoms with Crippen molar-refractivity contribution < 1.29 is 4.79 Å². The van der Waals surface area contributed by atoms with Crippen molar-refractivity contribution in [3.05, 3.63) is 24.3 Å². The summed E-state index contributed by atoms with van der Waals surface area (Å²) in [7, 11) is 0. The summed E-state index contributed by atoms with van der Waals surface area (Å²) in [6.07, 6.45) is 4.64. The molecule has 3 N–H and O–H groups in total. The summed E-state index contributed by atoms with van der Waals surface area (Å²) in [5.41, 5.74) is 8.07. The number of rotatable bonds is 2. The van der Waals surface area contributed by atoms with Crippen LogP contribution in [0.2, 0.25) is 0 Å². The molecule has 68 valence electrons. The van der Waals surface area contributed by atoms with Gasteiger partial charge in [-0.3, -0.25) is 9.97 Å². The molecule has 1 rings (SSSR count). The van der Waals surface area contributed by atoms with Crippen LogP contribution in [0.1, 0.15) is 12.6 Å². The highest BCUT2D eigenvalue weighted by Gasteiger charge is 1.97. The molecule has 1 heterocycles. The molecule has 6 nitrogen and oxygen atoms in total. The molecule has 0 atom stereocenters. The summed E-state index contributed by atoms with van der Waals surface area (Å²) in [6, 6.07) is -0.705. The van der Waals surface area contributed by atoms with Gasteiger partial charge < -0.3 is 5.73 Å². The Kier molecular flexibility index (Phi) is 2.91. The van der Waals surface area contributed by atoms with Gasteiger partial charge in [0.25, 0.3) is 0 Å². The molecule has 1 aromatic heterocycles. The van der Waals surface area contributed by atoms with Gasteiger partial charge in [-0.1, -0.05) is 0 Å². The third-order valence-electron chi connectivity index (χ3n) is 1.27. The molecule has 0 aliphatic rings. The van der Waals surface area contributed by atoms with E-state index in [2.05, 4.69) is 20.5 Å². The molecule has 0 bridgehead atoms. The SMILES string of the molecule is C/C(=N/NC(N)=O)c1cnccn1. The molecule has 0 spiro atoms. The van der Waals surface area contributed by atoms with Gasteiger partial charge in [0.15, 0.2) is 0 Å². The second-order valence-corrected chi connectivity index (χ2v) is 2.26.